The second kappa shape index (κ2) is 6.54. The second-order valence-corrected chi connectivity index (χ2v) is 7.35. The highest BCUT2D eigenvalue weighted by atomic mass is 32.1. The Morgan fingerprint density at radius 3 is 2.64 bits per heavy atom. The molecule has 0 radical (unpaired) electrons. The van der Waals surface area contributed by atoms with Gasteiger partial charge in [-0.05, 0) is 33.6 Å². The summed E-state index contributed by atoms with van der Waals surface area (Å²) in [6, 6.07) is 0.397. The van der Waals surface area contributed by atoms with Crippen LogP contribution in [-0.4, -0.2) is 65.5 Å². The van der Waals surface area contributed by atoms with Crippen molar-refractivity contribution in [1.82, 2.24) is 14.8 Å². The van der Waals surface area contributed by atoms with Crippen LogP contribution in [-0.2, 0) is 4.79 Å². The number of amides is 1. The normalized spacial score (nSPS) is 24.8. The molecule has 2 aliphatic heterocycles. The molecule has 2 fully saturated rings. The lowest BCUT2D eigenvalue weighted by molar-refractivity contribution is -0.135. The van der Waals surface area contributed by atoms with Gasteiger partial charge in [-0.1, -0.05) is 0 Å². The van der Waals surface area contributed by atoms with E-state index in [9.17, 15) is 4.79 Å². The zero-order valence-electron chi connectivity index (χ0n) is 13.8. The molecule has 0 spiro atoms. The highest BCUT2D eigenvalue weighted by molar-refractivity contribution is 7.13. The average molecular weight is 322 g/mol. The zero-order chi connectivity index (χ0) is 15.7. The smallest absolute Gasteiger partial charge is 0.239 e. The lowest BCUT2D eigenvalue weighted by Gasteiger charge is -2.42. The number of carbonyl (C=O) groups excluding carboxylic acids is 1. The maximum Gasteiger partial charge on any atom is 0.239 e. The number of hydrogen-bond acceptors (Lipinski definition) is 5. The quantitative estimate of drug-likeness (QED) is 0.853. The third-order valence-electron chi connectivity index (χ3n) is 4.83. The van der Waals surface area contributed by atoms with Crippen LogP contribution in [0.15, 0.2) is 5.38 Å². The SMILES string of the molecule is Cc1csc(N2CCN(C(C)C(=O)N3CCCC3)CC2C)n1. The molecule has 122 valence electrons. The van der Waals surface area contributed by atoms with Crippen LogP contribution in [0.4, 0.5) is 5.13 Å². The molecule has 2 aliphatic rings. The van der Waals surface area contributed by atoms with Crippen LogP contribution in [0, 0.1) is 6.92 Å². The standard InChI is InChI=1S/C16H26N4OS/c1-12-11-22-16(17-12)20-9-8-19(10-13(20)2)14(3)15(21)18-6-4-5-7-18/h11,13-14H,4-10H2,1-3H3. The fraction of sp³-hybridized carbons (Fsp3) is 0.750. The molecule has 1 aromatic rings. The molecule has 22 heavy (non-hydrogen) atoms. The first-order chi connectivity index (χ1) is 10.6. The molecular formula is C16H26N4OS. The van der Waals surface area contributed by atoms with Crippen molar-refractivity contribution < 1.29 is 4.79 Å². The maximum atomic E-state index is 12.6. The van der Waals surface area contributed by atoms with Crippen molar-refractivity contribution in [2.75, 3.05) is 37.6 Å². The topological polar surface area (TPSA) is 39.7 Å². The van der Waals surface area contributed by atoms with Crippen LogP contribution in [0.25, 0.3) is 0 Å². The Balaban J connectivity index is 1.60. The van der Waals surface area contributed by atoms with Crippen molar-refractivity contribution in [2.45, 2.75) is 45.7 Å². The number of hydrogen-bond donors (Lipinski definition) is 0. The van der Waals surface area contributed by atoms with Crippen LogP contribution in [0.1, 0.15) is 32.4 Å². The Morgan fingerprint density at radius 2 is 2.05 bits per heavy atom. The van der Waals surface area contributed by atoms with Gasteiger partial charge in [-0.3, -0.25) is 9.69 Å². The monoisotopic (exact) mass is 322 g/mol. The van der Waals surface area contributed by atoms with Crippen molar-refractivity contribution in [3.63, 3.8) is 0 Å². The van der Waals surface area contributed by atoms with Crippen molar-refractivity contribution in [1.29, 1.82) is 0 Å². The van der Waals surface area contributed by atoms with Gasteiger partial charge < -0.3 is 9.80 Å². The molecule has 1 aromatic heterocycles. The minimum Gasteiger partial charge on any atom is -0.343 e. The van der Waals surface area contributed by atoms with E-state index in [0.29, 0.717) is 11.9 Å². The molecule has 2 atom stereocenters. The van der Waals surface area contributed by atoms with Crippen LogP contribution in [0.5, 0.6) is 0 Å². The van der Waals surface area contributed by atoms with E-state index in [0.717, 1.165) is 56.4 Å². The van der Waals surface area contributed by atoms with Crippen molar-refractivity contribution >= 4 is 22.4 Å². The molecule has 5 nitrogen and oxygen atoms in total. The molecule has 2 unspecified atom stereocenters. The number of rotatable bonds is 3. The van der Waals surface area contributed by atoms with E-state index in [1.165, 1.54) is 0 Å². The Bertz CT molecular complexity index is 526. The average Bonchev–Trinajstić information content (AvgIpc) is 3.17. The van der Waals surface area contributed by atoms with Gasteiger partial charge in [0.05, 0.1) is 11.7 Å². The van der Waals surface area contributed by atoms with E-state index in [1.807, 2.05) is 11.8 Å². The van der Waals surface area contributed by atoms with Crippen molar-refractivity contribution in [2.24, 2.45) is 0 Å². The van der Waals surface area contributed by atoms with E-state index in [1.54, 1.807) is 11.3 Å². The zero-order valence-corrected chi connectivity index (χ0v) is 14.6. The van der Waals surface area contributed by atoms with E-state index >= 15 is 0 Å². The first-order valence-corrected chi connectivity index (χ1v) is 9.16. The number of carbonyl (C=O) groups is 1. The van der Waals surface area contributed by atoms with Gasteiger partial charge in [0.25, 0.3) is 0 Å². The molecule has 0 bridgehead atoms. The summed E-state index contributed by atoms with van der Waals surface area (Å²) < 4.78 is 0. The Hall–Kier alpha value is -1.14. The van der Waals surface area contributed by atoms with Gasteiger partial charge in [-0.2, -0.15) is 0 Å². The van der Waals surface area contributed by atoms with Crippen LogP contribution >= 0.6 is 11.3 Å². The fourth-order valence-electron chi connectivity index (χ4n) is 3.45. The first-order valence-electron chi connectivity index (χ1n) is 8.28. The van der Waals surface area contributed by atoms with Gasteiger partial charge >= 0.3 is 0 Å². The summed E-state index contributed by atoms with van der Waals surface area (Å²) in [5, 5.41) is 3.22. The lowest BCUT2D eigenvalue weighted by atomic mass is 10.1. The Labute approximate surface area is 136 Å². The minimum atomic E-state index is 0.000677. The molecule has 3 heterocycles. The van der Waals surface area contributed by atoms with Gasteiger partial charge in [-0.15, -0.1) is 11.3 Å². The van der Waals surface area contributed by atoms with E-state index in [-0.39, 0.29) is 6.04 Å². The fourth-order valence-corrected chi connectivity index (χ4v) is 4.39. The molecule has 0 saturated carbocycles. The van der Waals surface area contributed by atoms with Gasteiger partial charge in [-0.25, -0.2) is 4.98 Å². The summed E-state index contributed by atoms with van der Waals surface area (Å²) in [4.78, 5) is 23.9. The van der Waals surface area contributed by atoms with E-state index in [2.05, 4.69) is 34.0 Å². The first kappa shape index (κ1) is 15.7. The summed E-state index contributed by atoms with van der Waals surface area (Å²) >= 11 is 1.72. The number of aromatic nitrogens is 1. The highest BCUT2D eigenvalue weighted by Gasteiger charge is 2.33. The van der Waals surface area contributed by atoms with Gasteiger partial charge in [0, 0.05) is 44.1 Å². The molecule has 0 aliphatic carbocycles. The minimum absolute atomic E-state index is 0.000677. The Kier molecular flexibility index (Phi) is 4.68. The molecule has 0 aromatic carbocycles. The predicted octanol–water partition coefficient (Wildman–Crippen LogP) is 1.97. The van der Waals surface area contributed by atoms with Crippen molar-refractivity contribution in [3.8, 4) is 0 Å². The number of aryl methyl sites for hydroxylation is 1. The molecule has 2 saturated heterocycles. The van der Waals surface area contributed by atoms with Crippen LogP contribution in [0.2, 0.25) is 0 Å². The largest absolute Gasteiger partial charge is 0.343 e. The summed E-state index contributed by atoms with van der Waals surface area (Å²) in [5.41, 5.74) is 1.09. The number of piperazine rings is 1. The predicted molar refractivity (Wildman–Crippen MR) is 90.5 cm³/mol. The van der Waals surface area contributed by atoms with Crippen LogP contribution in [0.3, 0.4) is 0 Å². The van der Waals surface area contributed by atoms with Gasteiger partial charge in [0.15, 0.2) is 5.13 Å². The number of anilines is 1. The van der Waals surface area contributed by atoms with Crippen molar-refractivity contribution in [3.05, 3.63) is 11.1 Å². The number of likely N-dealkylation sites (tertiary alicyclic amines) is 1. The summed E-state index contributed by atoms with van der Waals surface area (Å²) in [6.07, 6.45) is 2.32. The number of thiazole rings is 1. The molecule has 0 N–H and O–H groups in total. The third-order valence-corrected chi connectivity index (χ3v) is 5.83. The molecule has 3 rings (SSSR count). The molecule has 1 amide bonds. The number of nitrogens with zero attached hydrogens (tertiary/aromatic N) is 4. The maximum absolute atomic E-state index is 12.6. The molecule has 6 heteroatoms. The summed E-state index contributed by atoms with van der Waals surface area (Å²) in [6.45, 7) is 11.0. The van der Waals surface area contributed by atoms with Gasteiger partial charge in [0.1, 0.15) is 0 Å². The lowest BCUT2D eigenvalue weighted by Crippen LogP contribution is -2.57. The summed E-state index contributed by atoms with van der Waals surface area (Å²) in [5.74, 6) is 0.309. The Morgan fingerprint density at radius 1 is 1.32 bits per heavy atom. The molecular weight excluding hydrogens is 296 g/mol. The van der Waals surface area contributed by atoms with Crippen LogP contribution < -0.4 is 4.90 Å². The highest BCUT2D eigenvalue weighted by Crippen LogP contribution is 2.25. The van der Waals surface area contributed by atoms with E-state index < -0.39 is 0 Å². The van der Waals surface area contributed by atoms with Gasteiger partial charge in [0.2, 0.25) is 5.91 Å². The summed E-state index contributed by atoms with van der Waals surface area (Å²) in [7, 11) is 0. The van der Waals surface area contributed by atoms with E-state index in [4.69, 9.17) is 0 Å². The second-order valence-electron chi connectivity index (χ2n) is 6.52. The third kappa shape index (κ3) is 3.13.